The van der Waals surface area contributed by atoms with Gasteiger partial charge in [0.1, 0.15) is 0 Å². The predicted molar refractivity (Wildman–Crippen MR) is 61.0 cm³/mol. The molecule has 0 unspecified atom stereocenters. The first kappa shape index (κ1) is 15.9. The molecule has 84 valence electrons. The summed E-state index contributed by atoms with van der Waals surface area (Å²) in [4.78, 5) is 0. The predicted octanol–water partition coefficient (Wildman–Crippen LogP) is 3.65. The van der Waals surface area contributed by atoms with Gasteiger partial charge in [-0.15, -0.1) is 0 Å². The van der Waals surface area contributed by atoms with Crippen LogP contribution in [-0.4, -0.2) is 11.7 Å². The Morgan fingerprint density at radius 2 is 1.29 bits per heavy atom. The first-order chi connectivity index (χ1) is 6.83. The number of nitrogens with zero attached hydrogens (tertiary/aromatic N) is 1. The fourth-order valence-corrected chi connectivity index (χ4v) is 1.25. The highest BCUT2D eigenvalue weighted by atomic mass is 16.2. The summed E-state index contributed by atoms with van der Waals surface area (Å²) in [6, 6.07) is 1.75. The van der Waals surface area contributed by atoms with Gasteiger partial charge in [-0.2, -0.15) is 5.26 Å². The Hall–Kier alpha value is -0.550. The smallest absolute Gasteiger partial charge is 0.0587 e. The van der Waals surface area contributed by atoms with Crippen molar-refractivity contribution in [2.75, 3.05) is 6.61 Å². The largest absolute Gasteiger partial charge is 0.396 e. The molecule has 0 radical (unpaired) electrons. The van der Waals surface area contributed by atoms with Crippen molar-refractivity contribution in [3.8, 4) is 6.07 Å². The second-order valence-corrected chi connectivity index (χ2v) is 3.42. The molecule has 0 aromatic heterocycles. The van der Waals surface area contributed by atoms with Crippen molar-refractivity contribution in [2.45, 2.75) is 65.2 Å². The number of aliphatic hydroxyl groups excluding tert-OH is 1. The third kappa shape index (κ3) is 22.5. The van der Waals surface area contributed by atoms with E-state index < -0.39 is 0 Å². The quantitative estimate of drug-likeness (QED) is 0.606. The van der Waals surface area contributed by atoms with Crippen LogP contribution in [0.1, 0.15) is 65.2 Å². The molecule has 0 aliphatic heterocycles. The summed E-state index contributed by atoms with van der Waals surface area (Å²) in [5, 5.41) is 15.8. The first-order valence-electron chi connectivity index (χ1n) is 5.75. The van der Waals surface area contributed by atoms with E-state index in [1.807, 2.05) is 0 Å². The summed E-state index contributed by atoms with van der Waals surface area (Å²) in [6.45, 7) is 4.04. The summed E-state index contributed by atoms with van der Waals surface area (Å²) in [5.74, 6) is 0. The molecule has 0 bridgehead atoms. The van der Waals surface area contributed by atoms with Crippen molar-refractivity contribution in [1.29, 1.82) is 5.26 Å². The van der Waals surface area contributed by atoms with Crippen LogP contribution < -0.4 is 0 Å². The van der Waals surface area contributed by atoms with Gasteiger partial charge in [0.2, 0.25) is 0 Å². The Labute approximate surface area is 88.9 Å². The Kier molecular flexibility index (Phi) is 20.8. The molecule has 0 aromatic carbocycles. The van der Waals surface area contributed by atoms with Crippen LogP contribution in [0.3, 0.4) is 0 Å². The maximum absolute atomic E-state index is 8.51. The van der Waals surface area contributed by atoms with Crippen molar-refractivity contribution in [1.82, 2.24) is 0 Å². The van der Waals surface area contributed by atoms with Crippen LogP contribution in [0.5, 0.6) is 0 Å². The van der Waals surface area contributed by atoms with Crippen molar-refractivity contribution < 1.29 is 5.11 Å². The highest BCUT2D eigenvalue weighted by molar-refractivity contribution is 4.51. The first-order valence-corrected chi connectivity index (χ1v) is 5.75. The zero-order chi connectivity index (χ0) is 11.1. The maximum Gasteiger partial charge on any atom is 0.0587 e. The van der Waals surface area contributed by atoms with E-state index in [1.54, 1.807) is 6.07 Å². The molecule has 0 atom stereocenters. The lowest BCUT2D eigenvalue weighted by Gasteiger charge is -1.98. The zero-order valence-corrected chi connectivity index (χ0v) is 9.76. The van der Waals surface area contributed by atoms with Gasteiger partial charge < -0.3 is 5.11 Å². The summed E-state index contributed by atoms with van der Waals surface area (Å²) in [7, 11) is 0. The SMILES string of the molecule is CC#N.CCCCCCCCCCO. The zero-order valence-electron chi connectivity index (χ0n) is 9.76. The molecule has 1 N–H and O–H groups in total. The molecule has 0 heterocycles. The van der Waals surface area contributed by atoms with Crippen LogP contribution in [0, 0.1) is 11.3 Å². The fourth-order valence-electron chi connectivity index (χ4n) is 1.25. The van der Waals surface area contributed by atoms with Gasteiger partial charge in [-0.1, -0.05) is 51.9 Å². The summed E-state index contributed by atoms with van der Waals surface area (Å²) < 4.78 is 0. The number of nitriles is 1. The second kappa shape index (κ2) is 18.3. The molecule has 2 heteroatoms. The van der Waals surface area contributed by atoms with E-state index in [4.69, 9.17) is 10.4 Å². The fraction of sp³-hybridized carbons (Fsp3) is 0.917. The average Bonchev–Trinajstić information content (AvgIpc) is 2.18. The van der Waals surface area contributed by atoms with Gasteiger partial charge in [-0.05, 0) is 6.42 Å². The molecule has 0 saturated heterocycles. The van der Waals surface area contributed by atoms with Gasteiger partial charge in [0.25, 0.3) is 0 Å². The lowest BCUT2D eigenvalue weighted by molar-refractivity contribution is 0.282. The van der Waals surface area contributed by atoms with E-state index in [1.165, 1.54) is 51.9 Å². The monoisotopic (exact) mass is 199 g/mol. The van der Waals surface area contributed by atoms with Crippen LogP contribution in [0.4, 0.5) is 0 Å². The minimum absolute atomic E-state index is 0.370. The molecule has 0 aliphatic carbocycles. The van der Waals surface area contributed by atoms with Crippen molar-refractivity contribution in [2.24, 2.45) is 0 Å². The summed E-state index contributed by atoms with van der Waals surface area (Å²) >= 11 is 0. The summed E-state index contributed by atoms with van der Waals surface area (Å²) in [5.41, 5.74) is 0. The third-order valence-corrected chi connectivity index (χ3v) is 2.01. The molecule has 2 nitrogen and oxygen atoms in total. The van der Waals surface area contributed by atoms with Crippen molar-refractivity contribution in [3.05, 3.63) is 0 Å². The average molecular weight is 199 g/mol. The van der Waals surface area contributed by atoms with E-state index >= 15 is 0 Å². The Balaban J connectivity index is 0. The lowest BCUT2D eigenvalue weighted by Crippen LogP contribution is -1.83. The Morgan fingerprint density at radius 3 is 1.64 bits per heavy atom. The summed E-state index contributed by atoms with van der Waals surface area (Å²) in [6.07, 6.45) is 10.4. The molecule has 0 aliphatic rings. The minimum Gasteiger partial charge on any atom is -0.396 e. The Morgan fingerprint density at radius 1 is 0.929 bits per heavy atom. The van der Waals surface area contributed by atoms with E-state index in [9.17, 15) is 0 Å². The van der Waals surface area contributed by atoms with E-state index in [0.29, 0.717) is 6.61 Å². The van der Waals surface area contributed by atoms with Gasteiger partial charge >= 0.3 is 0 Å². The number of rotatable bonds is 8. The maximum atomic E-state index is 8.51. The molecule has 0 aromatic rings. The molecular formula is C12H25NO. The molecular weight excluding hydrogens is 174 g/mol. The van der Waals surface area contributed by atoms with Gasteiger partial charge in [0.15, 0.2) is 0 Å². The van der Waals surface area contributed by atoms with Crippen LogP contribution in [0.2, 0.25) is 0 Å². The molecule has 0 rings (SSSR count). The highest BCUT2D eigenvalue weighted by Crippen LogP contribution is 2.07. The van der Waals surface area contributed by atoms with Crippen LogP contribution in [0.25, 0.3) is 0 Å². The number of hydrogen-bond donors (Lipinski definition) is 1. The minimum atomic E-state index is 0.370. The van der Waals surface area contributed by atoms with E-state index in [2.05, 4.69) is 6.92 Å². The molecule has 0 spiro atoms. The van der Waals surface area contributed by atoms with E-state index in [0.717, 1.165) is 6.42 Å². The van der Waals surface area contributed by atoms with Gasteiger partial charge in [-0.3, -0.25) is 0 Å². The van der Waals surface area contributed by atoms with Crippen molar-refractivity contribution in [3.63, 3.8) is 0 Å². The second-order valence-electron chi connectivity index (χ2n) is 3.42. The van der Waals surface area contributed by atoms with Gasteiger partial charge in [0.05, 0.1) is 6.07 Å². The Bertz CT molecular complexity index is 110. The van der Waals surface area contributed by atoms with Gasteiger partial charge in [-0.25, -0.2) is 0 Å². The lowest BCUT2D eigenvalue weighted by atomic mass is 10.1. The molecule has 14 heavy (non-hydrogen) atoms. The van der Waals surface area contributed by atoms with Crippen LogP contribution >= 0.6 is 0 Å². The molecule has 0 amide bonds. The van der Waals surface area contributed by atoms with E-state index in [-0.39, 0.29) is 0 Å². The standard InChI is InChI=1S/C10H22O.C2H3N/c1-2-3-4-5-6-7-8-9-10-11;1-2-3/h11H,2-10H2,1H3;1H3. The van der Waals surface area contributed by atoms with Crippen LogP contribution in [0.15, 0.2) is 0 Å². The number of unbranched alkanes of at least 4 members (excludes halogenated alkanes) is 7. The highest BCUT2D eigenvalue weighted by Gasteiger charge is 1.89. The topological polar surface area (TPSA) is 44.0 Å². The van der Waals surface area contributed by atoms with Crippen LogP contribution in [-0.2, 0) is 0 Å². The molecule has 0 saturated carbocycles. The molecule has 0 fully saturated rings. The van der Waals surface area contributed by atoms with Gasteiger partial charge in [0, 0.05) is 13.5 Å². The third-order valence-electron chi connectivity index (χ3n) is 2.01. The normalized spacial score (nSPS) is 8.71. The number of hydrogen-bond acceptors (Lipinski definition) is 2. The van der Waals surface area contributed by atoms with Crippen molar-refractivity contribution >= 4 is 0 Å². The number of aliphatic hydroxyl groups is 1.